The van der Waals surface area contributed by atoms with Crippen molar-refractivity contribution < 1.29 is 9.47 Å². The first-order valence-corrected chi connectivity index (χ1v) is 7.39. The molecule has 0 aliphatic rings. The van der Waals surface area contributed by atoms with Crippen molar-refractivity contribution in [3.05, 3.63) is 42.2 Å². The Morgan fingerprint density at radius 2 is 2.08 bits per heavy atom. The Bertz CT molecular complexity index is 631. The Labute approximate surface area is 159 Å². The van der Waals surface area contributed by atoms with Crippen LogP contribution in [0.15, 0.2) is 41.7 Å². The molecule has 0 unspecified atom stereocenters. The summed E-state index contributed by atoms with van der Waals surface area (Å²) in [4.78, 5) is 4.21. The summed E-state index contributed by atoms with van der Waals surface area (Å²) < 4.78 is 12.5. The van der Waals surface area contributed by atoms with Gasteiger partial charge in [0.2, 0.25) is 0 Å². The van der Waals surface area contributed by atoms with E-state index in [4.69, 9.17) is 9.47 Å². The minimum atomic E-state index is 0. The Hall–Kier alpha value is -1.97. The molecule has 0 amide bonds. The van der Waals surface area contributed by atoms with Crippen molar-refractivity contribution in [2.45, 2.75) is 13.1 Å². The summed E-state index contributed by atoms with van der Waals surface area (Å²) in [6.07, 6.45) is 3.70. The number of guanidine groups is 1. The standard InChI is InChI=1S/C16H23N5O2.HI/c1-17-16(18-8-10-21-9-4-7-20-21)19-12-13-5-6-14(22-2)11-15(13)23-3;/h4-7,9,11H,8,10,12H2,1-3H3,(H2,17,18,19);1H. The van der Waals surface area contributed by atoms with Crippen LogP contribution in [0, 0.1) is 0 Å². The summed E-state index contributed by atoms with van der Waals surface area (Å²) in [7, 11) is 5.03. The zero-order chi connectivity index (χ0) is 16.5. The number of hydrogen-bond donors (Lipinski definition) is 2. The normalized spacial score (nSPS) is 10.7. The summed E-state index contributed by atoms with van der Waals surface area (Å²) in [6, 6.07) is 7.66. The maximum absolute atomic E-state index is 5.39. The lowest BCUT2D eigenvalue weighted by molar-refractivity contribution is 0.390. The van der Waals surface area contributed by atoms with E-state index in [9.17, 15) is 0 Å². The van der Waals surface area contributed by atoms with Crippen LogP contribution in [-0.2, 0) is 13.1 Å². The molecule has 8 heteroatoms. The highest BCUT2D eigenvalue weighted by molar-refractivity contribution is 14.0. The SMILES string of the molecule is CN=C(NCCn1cccn1)NCc1ccc(OC)cc1OC.I. The molecule has 1 heterocycles. The fourth-order valence-electron chi connectivity index (χ4n) is 2.12. The third-order valence-electron chi connectivity index (χ3n) is 3.36. The van der Waals surface area contributed by atoms with Crippen LogP contribution in [0.2, 0.25) is 0 Å². The van der Waals surface area contributed by atoms with E-state index < -0.39 is 0 Å². The number of ether oxygens (including phenoxy) is 2. The number of aromatic nitrogens is 2. The molecule has 2 rings (SSSR count). The monoisotopic (exact) mass is 445 g/mol. The van der Waals surface area contributed by atoms with Gasteiger partial charge in [-0.25, -0.2) is 0 Å². The maximum Gasteiger partial charge on any atom is 0.191 e. The van der Waals surface area contributed by atoms with Crippen molar-refractivity contribution in [1.82, 2.24) is 20.4 Å². The molecular formula is C16H24IN5O2. The molecule has 0 atom stereocenters. The second-order valence-corrected chi connectivity index (χ2v) is 4.80. The third-order valence-corrected chi connectivity index (χ3v) is 3.36. The van der Waals surface area contributed by atoms with Crippen LogP contribution >= 0.6 is 24.0 Å². The van der Waals surface area contributed by atoms with Gasteiger partial charge in [0, 0.05) is 44.2 Å². The molecule has 0 saturated carbocycles. The average molecular weight is 445 g/mol. The molecule has 1 aromatic heterocycles. The van der Waals surface area contributed by atoms with Crippen LogP contribution in [-0.4, -0.2) is 43.6 Å². The fourth-order valence-corrected chi connectivity index (χ4v) is 2.12. The van der Waals surface area contributed by atoms with Gasteiger partial charge >= 0.3 is 0 Å². The van der Waals surface area contributed by atoms with E-state index in [0.717, 1.165) is 36.1 Å². The highest BCUT2D eigenvalue weighted by atomic mass is 127. The molecule has 2 aromatic rings. The molecule has 2 N–H and O–H groups in total. The van der Waals surface area contributed by atoms with E-state index >= 15 is 0 Å². The summed E-state index contributed by atoms with van der Waals surface area (Å²) in [5.74, 6) is 2.28. The maximum atomic E-state index is 5.39. The van der Waals surface area contributed by atoms with Crippen LogP contribution < -0.4 is 20.1 Å². The lowest BCUT2D eigenvalue weighted by Gasteiger charge is -2.14. The summed E-state index contributed by atoms with van der Waals surface area (Å²) in [5, 5.41) is 10.7. The lowest BCUT2D eigenvalue weighted by Crippen LogP contribution is -2.38. The Balaban J connectivity index is 0.00000288. The summed E-state index contributed by atoms with van der Waals surface area (Å²) >= 11 is 0. The van der Waals surface area contributed by atoms with Gasteiger partial charge in [-0.2, -0.15) is 5.10 Å². The van der Waals surface area contributed by atoms with Gasteiger partial charge in [-0.3, -0.25) is 9.67 Å². The molecule has 0 saturated heterocycles. The highest BCUT2D eigenvalue weighted by Gasteiger charge is 2.06. The summed E-state index contributed by atoms with van der Waals surface area (Å²) in [6.45, 7) is 2.12. The van der Waals surface area contributed by atoms with E-state index in [-0.39, 0.29) is 24.0 Å². The second kappa shape index (κ2) is 10.7. The van der Waals surface area contributed by atoms with E-state index in [1.54, 1.807) is 27.5 Å². The van der Waals surface area contributed by atoms with Gasteiger partial charge in [0.15, 0.2) is 5.96 Å². The van der Waals surface area contributed by atoms with Crippen molar-refractivity contribution >= 4 is 29.9 Å². The quantitative estimate of drug-likeness (QED) is 0.387. The first kappa shape index (κ1) is 20.1. The fraction of sp³-hybridized carbons (Fsp3) is 0.375. The van der Waals surface area contributed by atoms with Crippen molar-refractivity contribution in [3.8, 4) is 11.5 Å². The van der Waals surface area contributed by atoms with Crippen LogP contribution in [0.3, 0.4) is 0 Å². The van der Waals surface area contributed by atoms with E-state index in [1.807, 2.05) is 35.1 Å². The molecular weight excluding hydrogens is 421 g/mol. The van der Waals surface area contributed by atoms with E-state index in [2.05, 4.69) is 20.7 Å². The van der Waals surface area contributed by atoms with Gasteiger partial charge in [-0.1, -0.05) is 0 Å². The van der Waals surface area contributed by atoms with Crippen LogP contribution in [0.5, 0.6) is 11.5 Å². The molecule has 0 aliphatic carbocycles. The number of methoxy groups -OCH3 is 2. The first-order chi connectivity index (χ1) is 11.3. The number of halogens is 1. The largest absolute Gasteiger partial charge is 0.497 e. The van der Waals surface area contributed by atoms with Crippen molar-refractivity contribution in [1.29, 1.82) is 0 Å². The molecule has 0 fully saturated rings. The third kappa shape index (κ3) is 5.91. The topological polar surface area (TPSA) is 72.7 Å². The van der Waals surface area contributed by atoms with Crippen LogP contribution in [0.1, 0.15) is 5.56 Å². The van der Waals surface area contributed by atoms with Crippen molar-refractivity contribution in [2.24, 2.45) is 4.99 Å². The van der Waals surface area contributed by atoms with Crippen LogP contribution in [0.4, 0.5) is 0 Å². The van der Waals surface area contributed by atoms with Gasteiger partial charge in [0.25, 0.3) is 0 Å². The zero-order valence-corrected chi connectivity index (χ0v) is 16.5. The first-order valence-electron chi connectivity index (χ1n) is 7.39. The molecule has 132 valence electrons. The van der Waals surface area contributed by atoms with Crippen molar-refractivity contribution in [2.75, 3.05) is 27.8 Å². The lowest BCUT2D eigenvalue weighted by atomic mass is 10.2. The number of hydrogen-bond acceptors (Lipinski definition) is 4. The number of aliphatic imine (C=N–C) groups is 1. The molecule has 7 nitrogen and oxygen atoms in total. The van der Waals surface area contributed by atoms with Gasteiger partial charge in [0.1, 0.15) is 11.5 Å². The predicted octanol–water partition coefficient (Wildman–Crippen LogP) is 1.88. The van der Waals surface area contributed by atoms with Gasteiger partial charge < -0.3 is 20.1 Å². The molecule has 24 heavy (non-hydrogen) atoms. The van der Waals surface area contributed by atoms with Gasteiger partial charge in [0.05, 0.1) is 20.8 Å². The van der Waals surface area contributed by atoms with Crippen molar-refractivity contribution in [3.63, 3.8) is 0 Å². The Morgan fingerprint density at radius 3 is 2.71 bits per heavy atom. The summed E-state index contributed by atoms with van der Waals surface area (Å²) in [5.41, 5.74) is 1.03. The molecule has 0 radical (unpaired) electrons. The second-order valence-electron chi connectivity index (χ2n) is 4.80. The number of benzene rings is 1. The van der Waals surface area contributed by atoms with Crippen LogP contribution in [0.25, 0.3) is 0 Å². The molecule has 0 spiro atoms. The molecule has 0 aliphatic heterocycles. The van der Waals surface area contributed by atoms with Gasteiger partial charge in [-0.15, -0.1) is 24.0 Å². The van der Waals surface area contributed by atoms with E-state index in [0.29, 0.717) is 6.54 Å². The number of nitrogens with one attached hydrogen (secondary N) is 2. The van der Waals surface area contributed by atoms with E-state index in [1.165, 1.54) is 0 Å². The molecule has 0 bridgehead atoms. The predicted molar refractivity (Wildman–Crippen MR) is 105 cm³/mol. The molecule has 1 aromatic carbocycles. The smallest absolute Gasteiger partial charge is 0.191 e. The minimum Gasteiger partial charge on any atom is -0.497 e. The van der Waals surface area contributed by atoms with Gasteiger partial charge in [-0.05, 0) is 18.2 Å². The zero-order valence-electron chi connectivity index (χ0n) is 14.2. The Kier molecular flexibility index (Phi) is 8.98. The number of nitrogens with zero attached hydrogens (tertiary/aromatic N) is 3. The minimum absolute atomic E-state index is 0. The number of rotatable bonds is 7. The highest BCUT2D eigenvalue weighted by Crippen LogP contribution is 2.24. The Morgan fingerprint density at radius 1 is 1.25 bits per heavy atom. The average Bonchev–Trinajstić information content (AvgIpc) is 3.11.